The van der Waals surface area contributed by atoms with Gasteiger partial charge in [-0.2, -0.15) is 0 Å². The Hall–Kier alpha value is -1.56. The number of nitrogens with zero attached hydrogens (tertiary/aromatic N) is 1. The van der Waals surface area contributed by atoms with Crippen molar-refractivity contribution in [1.82, 2.24) is 10.2 Å². The van der Waals surface area contributed by atoms with E-state index in [4.69, 9.17) is 5.11 Å². The third-order valence-electron chi connectivity index (χ3n) is 3.92. The molecule has 1 aromatic rings. The lowest BCUT2D eigenvalue weighted by Crippen LogP contribution is -2.49. The van der Waals surface area contributed by atoms with Crippen LogP contribution in [0.3, 0.4) is 0 Å². The van der Waals surface area contributed by atoms with Crippen LogP contribution in [-0.4, -0.2) is 41.6 Å². The summed E-state index contributed by atoms with van der Waals surface area (Å²) in [5, 5.41) is 12.0. The van der Waals surface area contributed by atoms with Crippen molar-refractivity contribution in [3.05, 3.63) is 34.3 Å². The summed E-state index contributed by atoms with van der Waals surface area (Å²) < 4.78 is 1.03. The molecule has 0 bridgehead atoms. The molecular weight excluding hydrogens is 348 g/mol. The highest BCUT2D eigenvalue weighted by Crippen LogP contribution is 2.22. The van der Waals surface area contributed by atoms with Gasteiger partial charge in [-0.1, -0.05) is 41.1 Å². The summed E-state index contributed by atoms with van der Waals surface area (Å²) in [6.45, 7) is 3.42. The summed E-state index contributed by atoms with van der Waals surface area (Å²) in [4.78, 5) is 25.0. The van der Waals surface area contributed by atoms with Gasteiger partial charge in [-0.15, -0.1) is 0 Å². The summed E-state index contributed by atoms with van der Waals surface area (Å²) in [7, 11) is 0. The molecule has 1 aliphatic rings. The maximum Gasteiger partial charge on any atom is 0.317 e. The molecule has 1 fully saturated rings. The molecule has 0 radical (unpaired) electrons. The first kappa shape index (κ1) is 16.8. The van der Waals surface area contributed by atoms with Crippen molar-refractivity contribution in [2.75, 3.05) is 19.6 Å². The number of nitrogens with one attached hydrogen (secondary N) is 1. The number of amides is 2. The van der Waals surface area contributed by atoms with E-state index in [1.807, 2.05) is 31.2 Å². The van der Waals surface area contributed by atoms with Gasteiger partial charge in [-0.05, 0) is 30.4 Å². The van der Waals surface area contributed by atoms with Gasteiger partial charge in [0, 0.05) is 24.1 Å². The molecule has 2 atom stereocenters. The first-order valence-electron chi connectivity index (χ1n) is 7.46. The van der Waals surface area contributed by atoms with E-state index in [0.29, 0.717) is 26.1 Å². The molecule has 1 aromatic carbocycles. The third-order valence-corrected chi connectivity index (χ3v) is 4.70. The van der Waals surface area contributed by atoms with Gasteiger partial charge in [0.25, 0.3) is 0 Å². The first-order chi connectivity index (χ1) is 10.5. The maximum atomic E-state index is 12.2. The van der Waals surface area contributed by atoms with Crippen molar-refractivity contribution < 1.29 is 14.7 Å². The molecule has 22 heavy (non-hydrogen) atoms. The van der Waals surface area contributed by atoms with E-state index in [1.165, 1.54) is 0 Å². The fourth-order valence-corrected chi connectivity index (χ4v) is 3.30. The lowest BCUT2D eigenvalue weighted by Gasteiger charge is -2.34. The van der Waals surface area contributed by atoms with E-state index in [2.05, 4.69) is 21.2 Å². The van der Waals surface area contributed by atoms with Gasteiger partial charge in [0.05, 0.1) is 5.92 Å². The third kappa shape index (κ3) is 4.47. The zero-order valence-electron chi connectivity index (χ0n) is 12.6. The predicted octanol–water partition coefficient (Wildman–Crippen LogP) is 2.74. The molecule has 2 N–H and O–H groups in total. The maximum absolute atomic E-state index is 12.2. The number of carboxylic acids is 1. The van der Waals surface area contributed by atoms with Crippen LogP contribution in [0.1, 0.15) is 18.9 Å². The number of hydrogen-bond donors (Lipinski definition) is 2. The summed E-state index contributed by atoms with van der Waals surface area (Å²) in [6, 6.07) is 7.73. The fourth-order valence-electron chi connectivity index (χ4n) is 2.81. The Kier molecular flexibility index (Phi) is 5.83. The van der Waals surface area contributed by atoms with Crippen LogP contribution in [0.5, 0.6) is 0 Å². The van der Waals surface area contributed by atoms with Crippen LogP contribution in [0.15, 0.2) is 28.7 Å². The van der Waals surface area contributed by atoms with Crippen molar-refractivity contribution in [1.29, 1.82) is 0 Å². The summed E-state index contributed by atoms with van der Waals surface area (Å²) in [5.41, 5.74) is 1.14. The molecule has 6 heteroatoms. The minimum atomic E-state index is -0.822. The SMILES string of the molecule is CC1CC(C(=O)O)CN(C(=O)NCCc2ccccc2Br)C1. The number of piperidine rings is 1. The molecule has 2 unspecified atom stereocenters. The number of carboxylic acid groups (broad SMARTS) is 1. The van der Waals surface area contributed by atoms with Gasteiger partial charge >= 0.3 is 12.0 Å². The average molecular weight is 369 g/mol. The minimum absolute atomic E-state index is 0.176. The Morgan fingerprint density at radius 3 is 2.77 bits per heavy atom. The number of carbonyl (C=O) groups excluding carboxylic acids is 1. The second-order valence-corrected chi connectivity index (χ2v) is 6.71. The molecule has 0 saturated carbocycles. The number of benzene rings is 1. The average Bonchev–Trinajstić information content (AvgIpc) is 2.48. The van der Waals surface area contributed by atoms with Crippen LogP contribution in [0.2, 0.25) is 0 Å². The van der Waals surface area contributed by atoms with Gasteiger partial charge in [-0.3, -0.25) is 4.79 Å². The van der Waals surface area contributed by atoms with Crippen LogP contribution in [0.25, 0.3) is 0 Å². The molecule has 1 heterocycles. The second-order valence-electron chi connectivity index (χ2n) is 5.85. The number of halogens is 1. The van der Waals surface area contributed by atoms with Gasteiger partial charge in [-0.25, -0.2) is 4.79 Å². The predicted molar refractivity (Wildman–Crippen MR) is 87.7 cm³/mol. The molecule has 2 rings (SSSR count). The quantitative estimate of drug-likeness (QED) is 0.858. The van der Waals surface area contributed by atoms with E-state index in [9.17, 15) is 9.59 Å². The number of urea groups is 1. The molecule has 1 aliphatic heterocycles. The van der Waals surface area contributed by atoms with Crippen LogP contribution >= 0.6 is 15.9 Å². The van der Waals surface area contributed by atoms with Crippen molar-refractivity contribution >= 4 is 27.9 Å². The molecule has 5 nitrogen and oxygen atoms in total. The zero-order valence-corrected chi connectivity index (χ0v) is 14.2. The number of aliphatic carboxylic acids is 1. The highest BCUT2D eigenvalue weighted by molar-refractivity contribution is 9.10. The number of rotatable bonds is 4. The van der Waals surface area contributed by atoms with Crippen LogP contribution < -0.4 is 5.32 Å². The Balaban J connectivity index is 1.84. The zero-order chi connectivity index (χ0) is 16.1. The molecule has 1 saturated heterocycles. The van der Waals surface area contributed by atoms with Gasteiger partial charge in [0.15, 0.2) is 0 Å². The van der Waals surface area contributed by atoms with Crippen LogP contribution in [0.4, 0.5) is 4.79 Å². The fraction of sp³-hybridized carbons (Fsp3) is 0.500. The minimum Gasteiger partial charge on any atom is -0.481 e. The van der Waals surface area contributed by atoms with Gasteiger partial charge in [0.2, 0.25) is 0 Å². The van der Waals surface area contributed by atoms with Gasteiger partial charge in [0.1, 0.15) is 0 Å². The van der Waals surface area contributed by atoms with E-state index >= 15 is 0 Å². The number of hydrogen-bond acceptors (Lipinski definition) is 2. The Morgan fingerprint density at radius 2 is 2.09 bits per heavy atom. The number of carbonyl (C=O) groups is 2. The standard InChI is InChI=1S/C16H21BrN2O3/c1-11-8-13(15(20)21)10-19(9-11)16(22)18-7-6-12-4-2-3-5-14(12)17/h2-5,11,13H,6-10H2,1H3,(H,18,22)(H,20,21). The second kappa shape index (κ2) is 7.63. The van der Waals surface area contributed by atoms with Crippen molar-refractivity contribution in [3.8, 4) is 0 Å². The summed E-state index contributed by atoms with van der Waals surface area (Å²) in [5.74, 6) is -1.07. The van der Waals surface area contributed by atoms with Crippen LogP contribution in [-0.2, 0) is 11.2 Å². The topological polar surface area (TPSA) is 69.6 Å². The lowest BCUT2D eigenvalue weighted by molar-refractivity contribution is -0.143. The smallest absolute Gasteiger partial charge is 0.317 e. The first-order valence-corrected chi connectivity index (χ1v) is 8.25. The van der Waals surface area contributed by atoms with Crippen molar-refractivity contribution in [2.45, 2.75) is 19.8 Å². The lowest BCUT2D eigenvalue weighted by atomic mass is 9.91. The van der Waals surface area contributed by atoms with Crippen molar-refractivity contribution in [2.24, 2.45) is 11.8 Å². The molecule has 0 aromatic heterocycles. The molecular formula is C16H21BrN2O3. The highest BCUT2D eigenvalue weighted by Gasteiger charge is 2.31. The highest BCUT2D eigenvalue weighted by atomic mass is 79.9. The Morgan fingerprint density at radius 1 is 1.36 bits per heavy atom. The Bertz CT molecular complexity index is 550. The van der Waals surface area contributed by atoms with E-state index in [0.717, 1.165) is 16.5 Å². The summed E-state index contributed by atoms with van der Waals surface area (Å²) in [6.07, 6.45) is 1.37. The van der Waals surface area contributed by atoms with Crippen molar-refractivity contribution in [3.63, 3.8) is 0 Å². The molecule has 2 amide bonds. The van der Waals surface area contributed by atoms with E-state index < -0.39 is 11.9 Å². The Labute approximate surface area is 138 Å². The molecule has 0 aliphatic carbocycles. The van der Waals surface area contributed by atoms with Crippen LogP contribution in [0, 0.1) is 11.8 Å². The normalized spacial score (nSPS) is 21.5. The van der Waals surface area contributed by atoms with E-state index in [1.54, 1.807) is 4.90 Å². The molecule has 120 valence electrons. The van der Waals surface area contributed by atoms with Gasteiger partial charge < -0.3 is 15.3 Å². The monoisotopic (exact) mass is 368 g/mol. The summed E-state index contributed by atoms with van der Waals surface area (Å²) >= 11 is 3.48. The molecule has 0 spiro atoms. The van der Waals surface area contributed by atoms with E-state index in [-0.39, 0.29) is 11.9 Å². The largest absolute Gasteiger partial charge is 0.481 e. The number of likely N-dealkylation sites (tertiary alicyclic amines) is 1.